The van der Waals surface area contributed by atoms with Gasteiger partial charge in [0.25, 0.3) is 0 Å². The first-order chi connectivity index (χ1) is 14.5. The molecule has 0 aliphatic rings. The third-order valence-corrected chi connectivity index (χ3v) is 5.60. The first kappa shape index (κ1) is 20.7. The highest BCUT2D eigenvalue weighted by atomic mass is 35.5. The highest BCUT2D eigenvalue weighted by molar-refractivity contribution is 6.34. The molecule has 0 saturated carbocycles. The highest BCUT2D eigenvalue weighted by Gasteiger charge is 2.23. The van der Waals surface area contributed by atoms with E-state index in [2.05, 4.69) is 9.97 Å². The van der Waals surface area contributed by atoms with Crippen LogP contribution in [0.2, 0.25) is 15.1 Å². The van der Waals surface area contributed by atoms with Crippen molar-refractivity contribution in [3.05, 3.63) is 92.8 Å². The Kier molecular flexibility index (Phi) is 6.00. The number of phenolic OH excluding ortho intramolecular Hbond substituents is 1. The summed E-state index contributed by atoms with van der Waals surface area (Å²) in [6.45, 7) is 0. The van der Waals surface area contributed by atoms with E-state index in [1.54, 1.807) is 31.6 Å². The zero-order valence-corrected chi connectivity index (χ0v) is 18.2. The number of aromatic hydroxyl groups is 1. The van der Waals surface area contributed by atoms with Crippen LogP contribution in [0.5, 0.6) is 11.5 Å². The second-order valence-electron chi connectivity index (χ2n) is 6.84. The van der Waals surface area contributed by atoms with Gasteiger partial charge in [-0.3, -0.25) is 9.97 Å². The van der Waals surface area contributed by atoms with Crippen molar-refractivity contribution in [2.75, 3.05) is 7.11 Å². The van der Waals surface area contributed by atoms with Crippen molar-refractivity contribution < 1.29 is 9.84 Å². The van der Waals surface area contributed by atoms with E-state index in [-0.39, 0.29) is 11.7 Å². The molecule has 4 nitrogen and oxygen atoms in total. The number of hydrogen-bond donors (Lipinski definition) is 1. The molecule has 0 aliphatic heterocycles. The molecule has 2 aromatic heterocycles. The maximum Gasteiger partial charge on any atom is 0.145 e. The Morgan fingerprint density at radius 3 is 2.47 bits per heavy atom. The molecule has 0 amide bonds. The van der Waals surface area contributed by atoms with E-state index in [1.165, 1.54) is 0 Å². The number of fused-ring (bicyclic) bond motifs is 1. The van der Waals surface area contributed by atoms with Crippen LogP contribution in [0.15, 0.2) is 60.9 Å². The summed E-state index contributed by atoms with van der Waals surface area (Å²) in [5, 5.41) is 13.4. The van der Waals surface area contributed by atoms with Gasteiger partial charge in [-0.2, -0.15) is 0 Å². The van der Waals surface area contributed by atoms with Crippen molar-refractivity contribution in [3.63, 3.8) is 0 Å². The normalized spacial score (nSPS) is 12.1. The van der Waals surface area contributed by atoms with Gasteiger partial charge in [-0.15, -0.1) is 0 Å². The fourth-order valence-corrected chi connectivity index (χ4v) is 4.27. The van der Waals surface area contributed by atoms with Crippen LogP contribution in [-0.2, 0) is 6.42 Å². The van der Waals surface area contributed by atoms with Crippen LogP contribution in [-0.4, -0.2) is 22.2 Å². The molecular formula is C23H17Cl3N2O2. The summed E-state index contributed by atoms with van der Waals surface area (Å²) in [4.78, 5) is 8.80. The van der Waals surface area contributed by atoms with Gasteiger partial charge in [0.1, 0.15) is 17.0 Å². The Labute approximate surface area is 189 Å². The van der Waals surface area contributed by atoms with Crippen molar-refractivity contribution in [2.45, 2.75) is 12.3 Å². The Morgan fingerprint density at radius 2 is 1.73 bits per heavy atom. The number of halogens is 3. The lowest BCUT2D eigenvalue weighted by molar-refractivity contribution is 0.405. The lowest BCUT2D eigenvalue weighted by Gasteiger charge is -2.21. The quantitative estimate of drug-likeness (QED) is 0.362. The summed E-state index contributed by atoms with van der Waals surface area (Å²) in [6.07, 6.45) is 3.66. The molecule has 0 bridgehead atoms. The van der Waals surface area contributed by atoms with E-state index < -0.39 is 0 Å². The molecule has 30 heavy (non-hydrogen) atoms. The monoisotopic (exact) mass is 458 g/mol. The summed E-state index contributed by atoms with van der Waals surface area (Å²) >= 11 is 18.6. The third kappa shape index (κ3) is 4.17. The van der Waals surface area contributed by atoms with Gasteiger partial charge in [-0.1, -0.05) is 53.0 Å². The SMILES string of the molecule is COc1cc(Cl)cnc1CC(c1cc(Cl)cc(Cl)c1)c1ccc2cccnc2c1O. The van der Waals surface area contributed by atoms with E-state index >= 15 is 0 Å². The summed E-state index contributed by atoms with van der Waals surface area (Å²) < 4.78 is 5.47. The number of nitrogens with zero attached hydrogens (tertiary/aromatic N) is 2. The maximum absolute atomic E-state index is 11.1. The van der Waals surface area contributed by atoms with Crippen molar-refractivity contribution >= 4 is 45.7 Å². The standard InChI is InChI=1S/C23H17Cl3N2O2/c1-30-21-10-17(26)12-28-20(21)11-19(14-7-15(24)9-16(25)8-14)18-5-4-13-3-2-6-27-22(13)23(18)29/h2-10,12,19,29H,11H2,1H3. The van der Waals surface area contributed by atoms with Crippen LogP contribution in [0, 0.1) is 0 Å². The second-order valence-corrected chi connectivity index (χ2v) is 8.15. The van der Waals surface area contributed by atoms with E-state index in [0.717, 1.165) is 10.9 Å². The van der Waals surface area contributed by atoms with Gasteiger partial charge in [0.15, 0.2) is 0 Å². The number of aromatic nitrogens is 2. The van der Waals surface area contributed by atoms with E-state index in [4.69, 9.17) is 39.5 Å². The molecule has 0 saturated heterocycles. The van der Waals surface area contributed by atoms with Gasteiger partial charge in [-0.05, 0) is 29.8 Å². The lowest BCUT2D eigenvalue weighted by atomic mass is 9.86. The van der Waals surface area contributed by atoms with Gasteiger partial charge in [-0.25, -0.2) is 0 Å². The Hall–Kier alpha value is -2.53. The predicted octanol–water partition coefficient (Wildman–Crippen LogP) is 6.68. The molecular weight excluding hydrogens is 443 g/mol. The van der Waals surface area contributed by atoms with Gasteiger partial charge >= 0.3 is 0 Å². The molecule has 7 heteroatoms. The minimum absolute atomic E-state index is 0.113. The van der Waals surface area contributed by atoms with Gasteiger partial charge in [0, 0.05) is 51.8 Å². The number of pyridine rings is 2. The molecule has 0 spiro atoms. The van der Waals surface area contributed by atoms with Crippen LogP contribution >= 0.6 is 34.8 Å². The van der Waals surface area contributed by atoms with Crippen molar-refractivity contribution in [3.8, 4) is 11.5 Å². The topological polar surface area (TPSA) is 55.2 Å². The molecule has 0 aliphatic carbocycles. The van der Waals surface area contributed by atoms with Crippen LogP contribution in [0.25, 0.3) is 10.9 Å². The fraction of sp³-hybridized carbons (Fsp3) is 0.130. The number of hydrogen-bond acceptors (Lipinski definition) is 4. The second kappa shape index (κ2) is 8.68. The van der Waals surface area contributed by atoms with E-state index in [9.17, 15) is 5.11 Å². The molecule has 2 aromatic carbocycles. The smallest absolute Gasteiger partial charge is 0.145 e. The molecule has 152 valence electrons. The molecule has 0 fully saturated rings. The van der Waals surface area contributed by atoms with E-state index in [0.29, 0.717) is 44.0 Å². The minimum atomic E-state index is -0.296. The van der Waals surface area contributed by atoms with Crippen molar-refractivity contribution in [1.29, 1.82) is 0 Å². The van der Waals surface area contributed by atoms with Gasteiger partial charge in [0.05, 0.1) is 17.8 Å². The number of rotatable bonds is 5. The van der Waals surface area contributed by atoms with Gasteiger partial charge in [0.2, 0.25) is 0 Å². The van der Waals surface area contributed by atoms with Crippen molar-refractivity contribution in [2.24, 2.45) is 0 Å². The van der Waals surface area contributed by atoms with Crippen molar-refractivity contribution in [1.82, 2.24) is 9.97 Å². The lowest BCUT2D eigenvalue weighted by Crippen LogP contribution is -2.09. The number of methoxy groups -OCH3 is 1. The highest BCUT2D eigenvalue weighted by Crippen LogP contribution is 2.40. The zero-order valence-electron chi connectivity index (χ0n) is 15.9. The summed E-state index contributed by atoms with van der Waals surface area (Å²) in [6, 6.07) is 14.6. The Morgan fingerprint density at radius 1 is 0.967 bits per heavy atom. The summed E-state index contributed by atoms with van der Waals surface area (Å²) in [7, 11) is 1.57. The molecule has 4 aromatic rings. The predicted molar refractivity (Wildman–Crippen MR) is 121 cm³/mol. The Balaban J connectivity index is 1.89. The first-order valence-corrected chi connectivity index (χ1v) is 10.3. The molecule has 0 radical (unpaired) electrons. The summed E-state index contributed by atoms with van der Waals surface area (Å²) in [5.74, 6) is 0.385. The first-order valence-electron chi connectivity index (χ1n) is 9.17. The van der Waals surface area contributed by atoms with E-state index in [1.807, 2.05) is 36.4 Å². The average molecular weight is 460 g/mol. The van der Waals surface area contributed by atoms with Crippen LogP contribution in [0.1, 0.15) is 22.7 Å². The average Bonchev–Trinajstić information content (AvgIpc) is 2.73. The minimum Gasteiger partial charge on any atom is -0.505 e. The van der Waals surface area contributed by atoms with Crippen LogP contribution < -0.4 is 4.74 Å². The summed E-state index contributed by atoms with van der Waals surface area (Å²) in [5.41, 5.74) is 2.77. The number of phenols is 1. The number of ether oxygens (including phenoxy) is 1. The number of benzene rings is 2. The zero-order chi connectivity index (χ0) is 21.3. The van der Waals surface area contributed by atoms with Gasteiger partial charge < -0.3 is 9.84 Å². The fourth-order valence-electron chi connectivity index (χ4n) is 3.58. The molecule has 1 atom stereocenters. The van der Waals surface area contributed by atoms with Crippen LogP contribution in [0.3, 0.4) is 0 Å². The third-order valence-electron chi connectivity index (χ3n) is 4.96. The van der Waals surface area contributed by atoms with Crippen LogP contribution in [0.4, 0.5) is 0 Å². The molecule has 1 unspecified atom stereocenters. The molecule has 1 N–H and O–H groups in total. The molecule has 2 heterocycles. The maximum atomic E-state index is 11.1. The molecule has 4 rings (SSSR count). The Bertz CT molecular complexity index is 1210. The largest absolute Gasteiger partial charge is 0.505 e.